The van der Waals surface area contributed by atoms with E-state index in [1.165, 1.54) is 25.6 Å². The molecule has 72 valence electrons. The molecule has 2 heterocycles. The minimum Gasteiger partial charge on any atom is -0.329 e. The van der Waals surface area contributed by atoms with Crippen LogP contribution >= 0.6 is 0 Å². The van der Waals surface area contributed by atoms with Crippen LogP contribution in [0.3, 0.4) is 0 Å². The molecule has 0 aliphatic heterocycles. The number of aromatic nitrogens is 3. The molecule has 2 aromatic rings. The van der Waals surface area contributed by atoms with Crippen LogP contribution in [-0.4, -0.2) is 14.5 Å². The zero-order valence-electron chi connectivity index (χ0n) is 7.73. The fraction of sp³-hybridized carbons (Fsp3) is 0.400. The molecule has 0 unspecified atom stereocenters. The van der Waals surface area contributed by atoms with Crippen LogP contribution in [0, 0.1) is 0 Å². The fourth-order valence-electron chi connectivity index (χ4n) is 1.94. The topological polar surface area (TPSA) is 50.7 Å². The van der Waals surface area contributed by atoms with Crippen LogP contribution in [0.2, 0.25) is 0 Å². The zero-order valence-corrected chi connectivity index (χ0v) is 7.73. The average Bonchev–Trinajstić information content (AvgIpc) is 2.48. The second-order valence-electron chi connectivity index (χ2n) is 3.78. The van der Waals surface area contributed by atoms with Crippen LogP contribution in [0.5, 0.6) is 0 Å². The van der Waals surface area contributed by atoms with Gasteiger partial charge in [-0.15, -0.1) is 0 Å². The van der Waals surface area contributed by atoms with Crippen molar-refractivity contribution < 1.29 is 0 Å². The van der Waals surface area contributed by atoms with Gasteiger partial charge in [0.05, 0.1) is 11.7 Å². The Bertz CT molecular complexity index is 521. The lowest BCUT2D eigenvalue weighted by atomic mass is 9.93. The van der Waals surface area contributed by atoms with E-state index in [4.69, 9.17) is 0 Å². The van der Waals surface area contributed by atoms with Crippen molar-refractivity contribution in [2.45, 2.75) is 25.3 Å². The smallest absolute Gasteiger partial charge is 0.260 e. The molecule has 0 amide bonds. The first kappa shape index (κ1) is 7.79. The molecule has 14 heavy (non-hydrogen) atoms. The SMILES string of the molecule is O=c1[nH]cnc2c1ccn2C1CCC1. The van der Waals surface area contributed by atoms with Gasteiger partial charge in [0.2, 0.25) is 0 Å². The molecule has 4 nitrogen and oxygen atoms in total. The Hall–Kier alpha value is -1.58. The third kappa shape index (κ3) is 0.937. The highest BCUT2D eigenvalue weighted by atomic mass is 16.1. The second kappa shape index (κ2) is 2.70. The number of nitrogens with zero attached hydrogens (tertiary/aromatic N) is 2. The van der Waals surface area contributed by atoms with Crippen LogP contribution in [-0.2, 0) is 0 Å². The molecule has 0 radical (unpaired) electrons. The molecule has 0 bridgehead atoms. The molecule has 4 heteroatoms. The molecule has 2 aromatic heterocycles. The van der Waals surface area contributed by atoms with Crippen molar-refractivity contribution in [2.24, 2.45) is 0 Å². The number of H-pyrrole nitrogens is 1. The molecular weight excluding hydrogens is 178 g/mol. The lowest BCUT2D eigenvalue weighted by Crippen LogP contribution is -2.17. The van der Waals surface area contributed by atoms with Gasteiger partial charge in [0.1, 0.15) is 5.65 Å². The van der Waals surface area contributed by atoms with Crippen LogP contribution < -0.4 is 5.56 Å². The van der Waals surface area contributed by atoms with Gasteiger partial charge in [-0.05, 0) is 25.3 Å². The summed E-state index contributed by atoms with van der Waals surface area (Å²) in [6.07, 6.45) is 7.14. The Morgan fingerprint density at radius 3 is 3.07 bits per heavy atom. The fourth-order valence-corrected chi connectivity index (χ4v) is 1.94. The minimum absolute atomic E-state index is 0.0481. The zero-order chi connectivity index (χ0) is 9.54. The average molecular weight is 189 g/mol. The highest BCUT2D eigenvalue weighted by Crippen LogP contribution is 2.33. The quantitative estimate of drug-likeness (QED) is 0.738. The van der Waals surface area contributed by atoms with Gasteiger partial charge in [0, 0.05) is 12.2 Å². The number of fused-ring (bicyclic) bond motifs is 1. The highest BCUT2D eigenvalue weighted by Gasteiger charge is 2.21. The highest BCUT2D eigenvalue weighted by molar-refractivity contribution is 5.74. The second-order valence-corrected chi connectivity index (χ2v) is 3.78. The molecule has 1 N–H and O–H groups in total. The molecule has 1 fully saturated rings. The Labute approximate surface area is 80.6 Å². The minimum atomic E-state index is -0.0481. The maximum Gasteiger partial charge on any atom is 0.260 e. The first-order chi connectivity index (χ1) is 6.86. The monoisotopic (exact) mass is 189 g/mol. The molecule has 0 atom stereocenters. The Balaban J connectivity index is 2.25. The lowest BCUT2D eigenvalue weighted by Gasteiger charge is -2.27. The standard InChI is InChI=1S/C10H11N3O/c14-10-8-4-5-13(7-2-1-3-7)9(8)11-6-12-10/h4-7H,1-3H2,(H,11,12,14). The van der Waals surface area contributed by atoms with E-state index in [2.05, 4.69) is 14.5 Å². The summed E-state index contributed by atoms with van der Waals surface area (Å²) in [6.45, 7) is 0. The normalized spacial score (nSPS) is 17.1. The third-order valence-corrected chi connectivity index (χ3v) is 2.98. The molecule has 1 aliphatic rings. The summed E-state index contributed by atoms with van der Waals surface area (Å²) >= 11 is 0. The van der Waals surface area contributed by atoms with Crippen LogP contribution in [0.4, 0.5) is 0 Å². The summed E-state index contributed by atoms with van der Waals surface area (Å²) in [5.41, 5.74) is 0.770. The van der Waals surface area contributed by atoms with Gasteiger partial charge in [-0.3, -0.25) is 4.79 Å². The van der Waals surface area contributed by atoms with Crippen LogP contribution in [0.15, 0.2) is 23.4 Å². The Morgan fingerprint density at radius 2 is 2.36 bits per heavy atom. The maximum atomic E-state index is 11.4. The van der Waals surface area contributed by atoms with Gasteiger partial charge in [0.15, 0.2) is 0 Å². The molecule has 1 aliphatic carbocycles. The first-order valence-electron chi connectivity index (χ1n) is 4.90. The number of aromatic amines is 1. The molecule has 0 spiro atoms. The number of hydrogen-bond donors (Lipinski definition) is 1. The summed E-state index contributed by atoms with van der Waals surface area (Å²) in [7, 11) is 0. The summed E-state index contributed by atoms with van der Waals surface area (Å²) in [5, 5.41) is 0.694. The number of nitrogens with one attached hydrogen (secondary N) is 1. The Morgan fingerprint density at radius 1 is 1.50 bits per heavy atom. The van der Waals surface area contributed by atoms with E-state index in [0.717, 1.165) is 5.65 Å². The lowest BCUT2D eigenvalue weighted by molar-refractivity contribution is 0.320. The van der Waals surface area contributed by atoms with Gasteiger partial charge in [-0.25, -0.2) is 4.98 Å². The van der Waals surface area contributed by atoms with E-state index in [0.29, 0.717) is 11.4 Å². The molecule has 0 saturated heterocycles. The summed E-state index contributed by atoms with van der Waals surface area (Å²) in [5.74, 6) is 0. The molecule has 0 aromatic carbocycles. The predicted molar refractivity (Wildman–Crippen MR) is 53.2 cm³/mol. The van der Waals surface area contributed by atoms with Gasteiger partial charge in [-0.2, -0.15) is 0 Å². The molecule has 3 rings (SSSR count). The van der Waals surface area contributed by atoms with Crippen molar-refractivity contribution in [3.63, 3.8) is 0 Å². The maximum absolute atomic E-state index is 11.4. The number of hydrogen-bond acceptors (Lipinski definition) is 2. The largest absolute Gasteiger partial charge is 0.329 e. The van der Waals surface area contributed by atoms with Gasteiger partial charge < -0.3 is 9.55 Å². The first-order valence-corrected chi connectivity index (χ1v) is 4.90. The van der Waals surface area contributed by atoms with Crippen molar-refractivity contribution >= 4 is 11.0 Å². The van der Waals surface area contributed by atoms with E-state index in [-0.39, 0.29) is 5.56 Å². The molecular formula is C10H11N3O. The van der Waals surface area contributed by atoms with Crippen molar-refractivity contribution in [3.8, 4) is 0 Å². The van der Waals surface area contributed by atoms with Crippen LogP contribution in [0.25, 0.3) is 11.0 Å². The van der Waals surface area contributed by atoms with Crippen molar-refractivity contribution in [2.75, 3.05) is 0 Å². The predicted octanol–water partition coefficient (Wildman–Crippen LogP) is 1.45. The van der Waals surface area contributed by atoms with E-state index in [1.54, 1.807) is 0 Å². The van der Waals surface area contributed by atoms with Gasteiger partial charge in [-0.1, -0.05) is 0 Å². The third-order valence-electron chi connectivity index (χ3n) is 2.98. The van der Waals surface area contributed by atoms with E-state index in [1.807, 2.05) is 12.3 Å². The van der Waals surface area contributed by atoms with Crippen LogP contribution in [0.1, 0.15) is 25.3 Å². The number of rotatable bonds is 1. The molecule has 1 saturated carbocycles. The van der Waals surface area contributed by atoms with E-state index < -0.39 is 0 Å². The van der Waals surface area contributed by atoms with Gasteiger partial charge >= 0.3 is 0 Å². The van der Waals surface area contributed by atoms with Crippen molar-refractivity contribution in [3.05, 3.63) is 28.9 Å². The van der Waals surface area contributed by atoms with Gasteiger partial charge in [0.25, 0.3) is 5.56 Å². The summed E-state index contributed by atoms with van der Waals surface area (Å²) < 4.78 is 2.12. The summed E-state index contributed by atoms with van der Waals surface area (Å²) in [6, 6.07) is 2.40. The van der Waals surface area contributed by atoms with Crippen molar-refractivity contribution in [1.29, 1.82) is 0 Å². The van der Waals surface area contributed by atoms with E-state index in [9.17, 15) is 4.79 Å². The Kier molecular flexibility index (Phi) is 1.50. The van der Waals surface area contributed by atoms with E-state index >= 15 is 0 Å². The summed E-state index contributed by atoms with van der Waals surface area (Å²) in [4.78, 5) is 18.2. The van der Waals surface area contributed by atoms with Crippen molar-refractivity contribution in [1.82, 2.24) is 14.5 Å².